The van der Waals surface area contributed by atoms with Gasteiger partial charge in [0.25, 0.3) is 0 Å². The second-order valence-corrected chi connectivity index (χ2v) is 14.2. The fourth-order valence-electron chi connectivity index (χ4n) is 7.36. The van der Waals surface area contributed by atoms with Crippen molar-refractivity contribution in [1.82, 2.24) is 4.57 Å². The van der Waals surface area contributed by atoms with Gasteiger partial charge >= 0.3 is 7.12 Å². The molecule has 3 heterocycles. The van der Waals surface area contributed by atoms with Crippen LogP contribution in [0.15, 0.2) is 145 Å². The molecule has 0 aliphatic carbocycles. The monoisotopic (exact) mass is 636 g/mol. The molecule has 1 saturated heterocycles. The summed E-state index contributed by atoms with van der Waals surface area (Å²) in [6.45, 7) is 8.39. The van der Waals surface area contributed by atoms with Crippen molar-refractivity contribution >= 4 is 56.7 Å². The topological polar surface area (TPSA) is 35.8 Å². The summed E-state index contributed by atoms with van der Waals surface area (Å²) in [6.07, 6.45) is 3.04. The fourth-order valence-corrected chi connectivity index (χ4v) is 7.36. The van der Waals surface area contributed by atoms with Crippen molar-refractivity contribution in [2.45, 2.75) is 45.3 Å². The summed E-state index contributed by atoms with van der Waals surface area (Å²) in [5.74, 6) is 0.904. The van der Waals surface area contributed by atoms with Gasteiger partial charge in [-0.15, -0.1) is 0 Å². The Morgan fingerprint density at radius 2 is 1.22 bits per heavy atom. The van der Waals surface area contributed by atoms with Crippen LogP contribution >= 0.6 is 0 Å². The first-order valence-electron chi connectivity index (χ1n) is 17.1. The smallest absolute Gasteiger partial charge is 0.399 e. The van der Waals surface area contributed by atoms with Gasteiger partial charge in [-0.3, -0.25) is 4.57 Å². The van der Waals surface area contributed by atoms with E-state index in [0.717, 1.165) is 45.6 Å². The maximum Gasteiger partial charge on any atom is 0.494 e. The minimum atomic E-state index is -0.451. The van der Waals surface area contributed by atoms with Gasteiger partial charge in [0.15, 0.2) is 0 Å². The third-order valence-electron chi connectivity index (χ3n) is 10.7. The first-order valence-corrected chi connectivity index (χ1v) is 17.1. The molecule has 1 fully saturated rings. The van der Waals surface area contributed by atoms with Crippen molar-refractivity contribution in [3.05, 3.63) is 156 Å². The standard InChI is InChI=1S/C44H37BN2O2/c1-43(2)44(3,4)49-45(48-43)33-25-26-38-37-17-9-10-19-39(37)47(40(38)28-33)41-27-24-30-13-6-8-16-36(30)42(46-41)32-22-20-31(21-23-32)35-18-11-14-29-12-5-7-15-34(29)35/h5-23,25-28H,24H2,1-4H3. The van der Waals surface area contributed by atoms with Crippen molar-refractivity contribution in [2.75, 3.05) is 0 Å². The maximum atomic E-state index is 6.49. The highest BCUT2D eigenvalue weighted by Crippen LogP contribution is 2.38. The first-order chi connectivity index (χ1) is 23.8. The molecule has 9 rings (SSSR count). The molecule has 5 heteroatoms. The Hall–Kier alpha value is -5.23. The van der Waals surface area contributed by atoms with Crippen LogP contribution < -0.4 is 5.46 Å². The molecule has 0 unspecified atom stereocenters. The molecule has 238 valence electrons. The third-order valence-corrected chi connectivity index (χ3v) is 10.7. The summed E-state index contributed by atoms with van der Waals surface area (Å²) in [5, 5.41) is 4.87. The van der Waals surface area contributed by atoms with Gasteiger partial charge < -0.3 is 9.31 Å². The summed E-state index contributed by atoms with van der Waals surface area (Å²) in [4.78, 5) is 5.53. The second kappa shape index (κ2) is 11.2. The molecule has 7 aromatic rings. The molecule has 0 N–H and O–H groups in total. The lowest BCUT2D eigenvalue weighted by Crippen LogP contribution is -2.41. The fraction of sp³-hybridized carbons (Fsp3) is 0.159. The SMILES string of the molecule is CC1(C)OB(c2ccc3c4ccccc4n(C4=CCc5ccccc5C(c5ccc(-c6cccc7ccccc67)cc5)=N4)c3c2)OC1(C)C. The summed E-state index contributed by atoms with van der Waals surface area (Å²) >= 11 is 0. The number of hydrogen-bond acceptors (Lipinski definition) is 3. The Morgan fingerprint density at radius 3 is 2.04 bits per heavy atom. The van der Waals surface area contributed by atoms with Gasteiger partial charge in [-0.1, -0.05) is 121 Å². The van der Waals surface area contributed by atoms with Crippen LogP contribution in [0.25, 0.3) is 49.5 Å². The largest absolute Gasteiger partial charge is 0.494 e. The third kappa shape index (κ3) is 4.88. The normalized spacial score (nSPS) is 16.9. The molecule has 49 heavy (non-hydrogen) atoms. The first kappa shape index (κ1) is 29.9. The van der Waals surface area contributed by atoms with E-state index in [1.165, 1.54) is 38.2 Å². The number of nitrogens with zero attached hydrogens (tertiary/aromatic N) is 2. The summed E-state index contributed by atoms with van der Waals surface area (Å²) < 4.78 is 15.3. The van der Waals surface area contributed by atoms with E-state index in [-0.39, 0.29) is 0 Å². The Morgan fingerprint density at radius 1 is 0.592 bits per heavy atom. The van der Waals surface area contributed by atoms with Crippen LogP contribution in [0.4, 0.5) is 0 Å². The highest BCUT2D eigenvalue weighted by molar-refractivity contribution is 6.62. The molecule has 0 saturated carbocycles. The predicted molar refractivity (Wildman–Crippen MR) is 205 cm³/mol. The van der Waals surface area contributed by atoms with Crippen molar-refractivity contribution < 1.29 is 9.31 Å². The minimum Gasteiger partial charge on any atom is -0.399 e. The molecule has 1 aromatic heterocycles. The number of aromatic nitrogens is 1. The quantitative estimate of drug-likeness (QED) is 0.180. The zero-order valence-electron chi connectivity index (χ0n) is 28.3. The van der Waals surface area contributed by atoms with Gasteiger partial charge in [-0.2, -0.15) is 0 Å². The van der Waals surface area contributed by atoms with Gasteiger partial charge in [0.1, 0.15) is 5.82 Å². The Labute approximate surface area is 287 Å². The Kier molecular flexibility index (Phi) is 6.81. The van der Waals surface area contributed by atoms with E-state index in [2.05, 4.69) is 172 Å². The van der Waals surface area contributed by atoms with E-state index in [1.807, 2.05) is 0 Å². The number of benzene rings is 6. The zero-order chi connectivity index (χ0) is 33.3. The molecule has 0 bridgehead atoms. The molecule has 0 spiro atoms. The van der Waals surface area contributed by atoms with E-state index in [4.69, 9.17) is 14.3 Å². The Balaban J connectivity index is 1.20. The van der Waals surface area contributed by atoms with Gasteiger partial charge in [-0.05, 0) is 85.3 Å². The van der Waals surface area contributed by atoms with Crippen LogP contribution in [0.1, 0.15) is 44.4 Å². The molecule has 0 amide bonds. The minimum absolute atomic E-state index is 0.419. The number of para-hydroxylation sites is 1. The summed E-state index contributed by atoms with van der Waals surface area (Å²) in [6, 6.07) is 47.8. The highest BCUT2D eigenvalue weighted by Gasteiger charge is 2.51. The zero-order valence-corrected chi connectivity index (χ0v) is 28.3. The van der Waals surface area contributed by atoms with E-state index in [9.17, 15) is 0 Å². The number of rotatable bonds is 4. The number of hydrogen-bond donors (Lipinski definition) is 0. The van der Waals surface area contributed by atoms with E-state index in [1.54, 1.807) is 0 Å². The van der Waals surface area contributed by atoms with Crippen molar-refractivity contribution in [1.29, 1.82) is 0 Å². The van der Waals surface area contributed by atoms with E-state index in [0.29, 0.717) is 0 Å². The molecule has 2 aliphatic rings. The lowest BCUT2D eigenvalue weighted by Gasteiger charge is -2.32. The molecular weight excluding hydrogens is 599 g/mol. The van der Waals surface area contributed by atoms with Crippen LogP contribution in [0.2, 0.25) is 0 Å². The number of allylic oxidation sites excluding steroid dienone is 1. The lowest BCUT2D eigenvalue weighted by atomic mass is 9.79. The van der Waals surface area contributed by atoms with Gasteiger partial charge in [-0.25, -0.2) is 4.99 Å². The average molecular weight is 637 g/mol. The van der Waals surface area contributed by atoms with Crippen LogP contribution in [0.3, 0.4) is 0 Å². The lowest BCUT2D eigenvalue weighted by molar-refractivity contribution is 0.00578. The number of fused-ring (bicyclic) bond motifs is 5. The molecule has 0 radical (unpaired) electrons. The Bertz CT molecular complexity index is 2460. The van der Waals surface area contributed by atoms with E-state index < -0.39 is 18.3 Å². The summed E-state index contributed by atoms with van der Waals surface area (Å²) in [5.41, 5.74) is 9.26. The average Bonchev–Trinajstić information content (AvgIpc) is 3.47. The molecular formula is C44H37BN2O2. The van der Waals surface area contributed by atoms with Crippen LogP contribution in [-0.2, 0) is 15.7 Å². The van der Waals surface area contributed by atoms with E-state index >= 15 is 0 Å². The van der Waals surface area contributed by atoms with Crippen molar-refractivity contribution in [3.8, 4) is 11.1 Å². The molecule has 0 atom stereocenters. The maximum absolute atomic E-state index is 6.49. The molecule has 2 aliphatic heterocycles. The van der Waals surface area contributed by atoms with Crippen LogP contribution in [-0.4, -0.2) is 28.6 Å². The molecule has 4 nitrogen and oxygen atoms in total. The van der Waals surface area contributed by atoms with Gasteiger partial charge in [0, 0.05) is 21.9 Å². The van der Waals surface area contributed by atoms with Crippen LogP contribution in [0, 0.1) is 0 Å². The van der Waals surface area contributed by atoms with Crippen molar-refractivity contribution in [2.24, 2.45) is 4.99 Å². The van der Waals surface area contributed by atoms with Crippen LogP contribution in [0.5, 0.6) is 0 Å². The van der Waals surface area contributed by atoms with Gasteiger partial charge in [0.2, 0.25) is 0 Å². The van der Waals surface area contributed by atoms with Crippen molar-refractivity contribution in [3.63, 3.8) is 0 Å². The second-order valence-electron chi connectivity index (χ2n) is 14.2. The van der Waals surface area contributed by atoms with Gasteiger partial charge in [0.05, 0.1) is 27.9 Å². The predicted octanol–water partition coefficient (Wildman–Crippen LogP) is 9.81. The summed E-state index contributed by atoms with van der Waals surface area (Å²) in [7, 11) is -0.451. The number of aliphatic imine (C=N–C) groups is 1. The highest BCUT2D eigenvalue weighted by atomic mass is 16.7. The molecule has 6 aromatic carbocycles.